The van der Waals surface area contributed by atoms with Crippen LogP contribution < -0.4 is 5.32 Å². The van der Waals surface area contributed by atoms with Gasteiger partial charge in [-0.3, -0.25) is 4.79 Å². The predicted octanol–water partition coefficient (Wildman–Crippen LogP) is 3.07. The molecular weight excluding hydrogens is 256 g/mol. The minimum atomic E-state index is -0.634. The first-order chi connectivity index (χ1) is 9.31. The summed E-state index contributed by atoms with van der Waals surface area (Å²) >= 11 is 0. The molecule has 2 N–H and O–H groups in total. The van der Waals surface area contributed by atoms with Gasteiger partial charge in [-0.05, 0) is 33.1 Å². The number of amides is 1. The number of nitrogens with one attached hydrogen (secondary N) is 2. The normalized spacial score (nSPS) is 18.1. The summed E-state index contributed by atoms with van der Waals surface area (Å²) in [6.07, 6.45) is 6.60. The van der Waals surface area contributed by atoms with Crippen molar-refractivity contribution in [3.63, 3.8) is 0 Å². The van der Waals surface area contributed by atoms with E-state index in [1.165, 1.54) is 19.3 Å². The summed E-state index contributed by atoms with van der Waals surface area (Å²) in [5, 5.41) is 9.72. The van der Waals surface area contributed by atoms with Crippen molar-refractivity contribution in [2.75, 3.05) is 0 Å². The molecule has 0 aromatic rings. The number of ketones is 1. The molecule has 114 valence electrons. The molecule has 0 aromatic heterocycles. The van der Waals surface area contributed by atoms with Gasteiger partial charge in [0.25, 0.3) is 0 Å². The highest BCUT2D eigenvalue weighted by Crippen LogP contribution is 2.27. The highest BCUT2D eigenvalue weighted by Gasteiger charge is 2.26. The summed E-state index contributed by atoms with van der Waals surface area (Å²) in [5.74, 6) is 0.0917. The zero-order valence-corrected chi connectivity index (χ0v) is 12.7. The molecule has 0 bridgehead atoms. The summed E-state index contributed by atoms with van der Waals surface area (Å²) in [5.41, 5.74) is -0.590. The van der Waals surface area contributed by atoms with Crippen LogP contribution in [0.15, 0.2) is 0 Å². The zero-order valence-electron chi connectivity index (χ0n) is 12.7. The Bertz CT molecular complexity index is 355. The van der Waals surface area contributed by atoms with Gasteiger partial charge in [-0.1, -0.05) is 32.1 Å². The van der Waals surface area contributed by atoms with E-state index in [-0.39, 0.29) is 5.78 Å². The van der Waals surface area contributed by atoms with E-state index in [9.17, 15) is 9.59 Å². The largest absolute Gasteiger partial charge is 0.444 e. The Balaban J connectivity index is 2.57. The molecule has 5 nitrogen and oxygen atoms in total. The maximum atomic E-state index is 11.8. The average molecular weight is 282 g/mol. The van der Waals surface area contributed by atoms with Crippen LogP contribution in [0.2, 0.25) is 0 Å². The van der Waals surface area contributed by atoms with Crippen LogP contribution in [-0.4, -0.2) is 29.7 Å². The van der Waals surface area contributed by atoms with E-state index in [4.69, 9.17) is 10.1 Å². The Morgan fingerprint density at radius 1 is 1.30 bits per heavy atom. The Morgan fingerprint density at radius 2 is 1.90 bits per heavy atom. The average Bonchev–Trinajstić information content (AvgIpc) is 2.36. The molecule has 1 fully saturated rings. The van der Waals surface area contributed by atoms with Crippen molar-refractivity contribution in [3.8, 4) is 0 Å². The molecular formula is C15H26N2O3. The van der Waals surface area contributed by atoms with Crippen molar-refractivity contribution in [3.05, 3.63) is 0 Å². The summed E-state index contributed by atoms with van der Waals surface area (Å²) in [7, 11) is 0. The minimum absolute atomic E-state index is 0.360. The maximum absolute atomic E-state index is 11.8. The van der Waals surface area contributed by atoms with Gasteiger partial charge in [0.15, 0.2) is 5.78 Å². The first kappa shape index (κ1) is 16.7. The van der Waals surface area contributed by atoms with Crippen LogP contribution >= 0.6 is 0 Å². The third-order valence-electron chi connectivity index (χ3n) is 3.47. The Labute approximate surface area is 121 Å². The summed E-state index contributed by atoms with van der Waals surface area (Å²) in [6, 6.07) is -0.634. The SMILES string of the molecule is CC(C)(C)OC(=O)N[C@H](CC1CCCCC1)C(=O)C=N. The van der Waals surface area contributed by atoms with Crippen LogP contribution in [0.1, 0.15) is 59.3 Å². The molecule has 5 heteroatoms. The van der Waals surface area contributed by atoms with Crippen LogP contribution in [0.5, 0.6) is 0 Å². The molecule has 0 heterocycles. The van der Waals surface area contributed by atoms with Crippen LogP contribution in [0.4, 0.5) is 4.79 Å². The highest BCUT2D eigenvalue weighted by atomic mass is 16.6. The molecule has 0 spiro atoms. The molecule has 1 atom stereocenters. The van der Waals surface area contributed by atoms with E-state index in [2.05, 4.69) is 5.32 Å². The van der Waals surface area contributed by atoms with Crippen LogP contribution in [-0.2, 0) is 9.53 Å². The number of rotatable bonds is 5. The third-order valence-corrected chi connectivity index (χ3v) is 3.47. The maximum Gasteiger partial charge on any atom is 0.408 e. The topological polar surface area (TPSA) is 79.2 Å². The molecule has 1 amide bonds. The molecule has 0 unspecified atom stereocenters. The number of alkyl carbamates (subject to hydrolysis) is 1. The van der Waals surface area contributed by atoms with E-state index in [0.29, 0.717) is 12.3 Å². The number of carbonyl (C=O) groups is 2. The summed E-state index contributed by atoms with van der Waals surface area (Å²) in [4.78, 5) is 23.5. The van der Waals surface area contributed by atoms with Crippen molar-refractivity contribution in [1.82, 2.24) is 5.32 Å². The fourth-order valence-electron chi connectivity index (χ4n) is 2.55. The van der Waals surface area contributed by atoms with Gasteiger partial charge in [0.2, 0.25) is 0 Å². The quantitative estimate of drug-likeness (QED) is 0.760. The number of ether oxygens (including phenoxy) is 1. The van der Waals surface area contributed by atoms with Crippen molar-refractivity contribution in [2.24, 2.45) is 5.92 Å². The van der Waals surface area contributed by atoms with Crippen LogP contribution in [0.25, 0.3) is 0 Å². The fraction of sp³-hybridized carbons (Fsp3) is 0.800. The van der Waals surface area contributed by atoms with Crippen molar-refractivity contribution in [1.29, 1.82) is 5.41 Å². The predicted molar refractivity (Wildman–Crippen MR) is 78.1 cm³/mol. The lowest BCUT2D eigenvalue weighted by Gasteiger charge is -2.27. The number of hydrogen-bond donors (Lipinski definition) is 2. The molecule has 0 saturated heterocycles. The van der Waals surface area contributed by atoms with E-state index in [1.807, 2.05) is 0 Å². The Kier molecular flexibility index (Phi) is 6.17. The Hall–Kier alpha value is -1.39. The van der Waals surface area contributed by atoms with E-state index in [1.54, 1.807) is 20.8 Å². The lowest BCUT2D eigenvalue weighted by atomic mass is 9.84. The lowest BCUT2D eigenvalue weighted by Crippen LogP contribution is -2.45. The van der Waals surface area contributed by atoms with Crippen LogP contribution in [0.3, 0.4) is 0 Å². The first-order valence-electron chi connectivity index (χ1n) is 7.35. The molecule has 1 saturated carbocycles. The molecule has 1 rings (SSSR count). The second kappa shape index (κ2) is 7.41. The highest BCUT2D eigenvalue weighted by molar-refractivity contribution is 6.29. The van der Waals surface area contributed by atoms with Gasteiger partial charge >= 0.3 is 6.09 Å². The first-order valence-corrected chi connectivity index (χ1v) is 7.35. The van der Waals surface area contributed by atoms with Gasteiger partial charge < -0.3 is 15.5 Å². The molecule has 0 radical (unpaired) electrons. The molecule has 20 heavy (non-hydrogen) atoms. The van der Waals surface area contributed by atoms with Gasteiger partial charge in [0.05, 0.1) is 12.3 Å². The summed E-state index contributed by atoms with van der Waals surface area (Å²) in [6.45, 7) is 5.34. The lowest BCUT2D eigenvalue weighted by molar-refractivity contribution is -0.115. The number of carbonyl (C=O) groups excluding carboxylic acids is 2. The van der Waals surface area contributed by atoms with Crippen molar-refractivity contribution < 1.29 is 14.3 Å². The Morgan fingerprint density at radius 3 is 2.40 bits per heavy atom. The van der Waals surface area contributed by atoms with Gasteiger partial charge in [0.1, 0.15) is 5.60 Å². The van der Waals surface area contributed by atoms with Gasteiger partial charge in [-0.25, -0.2) is 4.79 Å². The van der Waals surface area contributed by atoms with Gasteiger partial charge in [-0.2, -0.15) is 0 Å². The minimum Gasteiger partial charge on any atom is -0.444 e. The molecule has 0 aliphatic heterocycles. The smallest absolute Gasteiger partial charge is 0.408 e. The zero-order chi connectivity index (χ0) is 15.2. The van der Waals surface area contributed by atoms with E-state index >= 15 is 0 Å². The second-order valence-electron chi connectivity index (χ2n) is 6.49. The van der Waals surface area contributed by atoms with Crippen molar-refractivity contribution in [2.45, 2.75) is 70.9 Å². The number of Topliss-reactive ketones (excluding diaryl/α,β-unsaturated/α-hetero) is 1. The van der Waals surface area contributed by atoms with E-state index < -0.39 is 17.7 Å². The summed E-state index contributed by atoms with van der Waals surface area (Å²) < 4.78 is 5.17. The van der Waals surface area contributed by atoms with Gasteiger partial charge in [-0.15, -0.1) is 0 Å². The monoisotopic (exact) mass is 282 g/mol. The van der Waals surface area contributed by atoms with Crippen LogP contribution in [0, 0.1) is 11.3 Å². The second-order valence-corrected chi connectivity index (χ2v) is 6.49. The molecule has 1 aliphatic carbocycles. The standard InChI is InChI=1S/C15H26N2O3/c1-15(2,3)20-14(19)17-12(13(18)10-16)9-11-7-5-4-6-8-11/h10-12,16H,4-9H2,1-3H3,(H,17,19)/t12-/m1/s1. The van der Waals surface area contributed by atoms with Crippen molar-refractivity contribution >= 4 is 18.1 Å². The molecule has 0 aromatic carbocycles. The van der Waals surface area contributed by atoms with Gasteiger partial charge in [0, 0.05) is 0 Å². The fourth-order valence-corrected chi connectivity index (χ4v) is 2.55. The number of hydrogen-bond acceptors (Lipinski definition) is 4. The molecule has 1 aliphatic rings. The third kappa shape index (κ3) is 6.17. The van der Waals surface area contributed by atoms with E-state index in [0.717, 1.165) is 19.1 Å².